The van der Waals surface area contributed by atoms with E-state index in [1.165, 1.54) is 20.1 Å². The van der Waals surface area contributed by atoms with Crippen molar-refractivity contribution in [3.63, 3.8) is 0 Å². The Morgan fingerprint density at radius 1 is 0.528 bits per heavy atom. The fraction of sp³-hybridized carbons (Fsp3) is 0.222. The molecule has 372 valence electrons. The van der Waals surface area contributed by atoms with Crippen molar-refractivity contribution in [3.05, 3.63) is 179 Å². The summed E-state index contributed by atoms with van der Waals surface area (Å²) in [6.07, 6.45) is 20.0. The molecule has 0 atom stereocenters. The number of hydrogen-bond donors (Lipinski definition) is 6. The number of nitrogens with zero attached hydrogens (tertiary/aromatic N) is 6. The van der Waals surface area contributed by atoms with Gasteiger partial charge in [0.15, 0.2) is 11.6 Å². The number of benzene rings is 3. The van der Waals surface area contributed by atoms with E-state index < -0.39 is 0 Å². The molecule has 0 aliphatic heterocycles. The molecule has 18 heteroatoms. The average molecular weight is 973 g/mol. The standard InChI is InChI=1S/C29H31N5O4.C23H23N7O2.C2H6/c1-20(35)25-8-3-6-22(16-25)18-31-33-28(37)10-5-15-30-27-13-11-24(12-14-27)29(38)34-32-19-23-7-4-9-26(17-23)21(2)36;31-22(29-27-16-18-7-12-24-13-8-18)2-1-11-26-21-5-3-20(4-6-21)23(32)30-28-17-19-9-14-25-15-10-19;1-2/h4,7-9,11-14,16-19,30H,3,5-6,10,15H2,1-2H3,(H,33,37)(H,34,38);3-10,12-17,26H,1-2,11H2,(H,29,31)(H,30,32);1-2H3/b31-18+,32-19+;27-16+,28-17+;. The van der Waals surface area contributed by atoms with Crippen molar-refractivity contribution in [2.24, 2.45) is 20.4 Å². The third kappa shape index (κ3) is 21.5. The molecule has 0 bridgehead atoms. The van der Waals surface area contributed by atoms with Gasteiger partial charge in [0.25, 0.3) is 11.8 Å². The number of amides is 4. The summed E-state index contributed by atoms with van der Waals surface area (Å²) in [7, 11) is 0. The van der Waals surface area contributed by atoms with Crippen LogP contribution in [0.5, 0.6) is 0 Å². The van der Waals surface area contributed by atoms with Gasteiger partial charge in [0.1, 0.15) is 0 Å². The summed E-state index contributed by atoms with van der Waals surface area (Å²) in [5, 5.41) is 22.2. The molecule has 2 heterocycles. The molecule has 0 fully saturated rings. The minimum atomic E-state index is -0.356. The fourth-order valence-corrected chi connectivity index (χ4v) is 6.19. The number of carbonyl (C=O) groups is 6. The molecule has 3 aromatic carbocycles. The van der Waals surface area contributed by atoms with Gasteiger partial charge in [-0.1, -0.05) is 38.1 Å². The van der Waals surface area contributed by atoms with Crippen molar-refractivity contribution in [1.29, 1.82) is 0 Å². The minimum absolute atomic E-state index is 0.0175. The van der Waals surface area contributed by atoms with Crippen LogP contribution in [0.3, 0.4) is 0 Å². The molecule has 18 nitrogen and oxygen atoms in total. The first-order valence-electron chi connectivity index (χ1n) is 23.3. The summed E-state index contributed by atoms with van der Waals surface area (Å²) in [5.41, 5.74) is 17.2. The quantitative estimate of drug-likeness (QED) is 0.0170. The predicted molar refractivity (Wildman–Crippen MR) is 283 cm³/mol. The summed E-state index contributed by atoms with van der Waals surface area (Å²) in [5.74, 6) is -1.03. The molecule has 0 saturated carbocycles. The van der Waals surface area contributed by atoms with E-state index in [9.17, 15) is 28.8 Å². The maximum Gasteiger partial charge on any atom is 0.271 e. The van der Waals surface area contributed by atoms with Crippen molar-refractivity contribution in [1.82, 2.24) is 31.7 Å². The maximum absolute atomic E-state index is 12.3. The van der Waals surface area contributed by atoms with E-state index in [-0.39, 0.29) is 35.2 Å². The third-order valence-electron chi connectivity index (χ3n) is 9.95. The van der Waals surface area contributed by atoms with E-state index in [0.717, 1.165) is 40.9 Å². The van der Waals surface area contributed by atoms with Crippen LogP contribution in [0.25, 0.3) is 0 Å². The number of aromatic nitrogens is 2. The van der Waals surface area contributed by atoms with Gasteiger partial charge in [-0.15, -0.1) is 0 Å². The van der Waals surface area contributed by atoms with Gasteiger partial charge in [0.05, 0.1) is 24.9 Å². The molecule has 1 aliphatic rings. The lowest BCUT2D eigenvalue weighted by molar-refractivity contribution is -0.121. The number of hydrazone groups is 4. The van der Waals surface area contributed by atoms with E-state index in [4.69, 9.17) is 0 Å². The number of rotatable bonds is 22. The Balaban J connectivity index is 0.000000306. The number of anilines is 2. The van der Waals surface area contributed by atoms with E-state index in [0.29, 0.717) is 66.6 Å². The zero-order chi connectivity index (χ0) is 51.8. The lowest BCUT2D eigenvalue weighted by atomic mass is 9.98. The van der Waals surface area contributed by atoms with Gasteiger partial charge < -0.3 is 10.6 Å². The number of allylic oxidation sites excluding steroid dienone is 4. The first-order chi connectivity index (χ1) is 35.0. The molecule has 0 saturated heterocycles. The lowest BCUT2D eigenvalue weighted by Crippen LogP contribution is -2.18. The highest BCUT2D eigenvalue weighted by Crippen LogP contribution is 2.17. The number of Topliss-reactive ketones (excluding diaryl/α,β-unsaturated/α-hetero) is 2. The van der Waals surface area contributed by atoms with Crippen molar-refractivity contribution in [2.75, 3.05) is 23.7 Å². The van der Waals surface area contributed by atoms with Gasteiger partial charge in [-0.25, -0.2) is 21.7 Å². The van der Waals surface area contributed by atoms with E-state index >= 15 is 0 Å². The van der Waals surface area contributed by atoms with Gasteiger partial charge >= 0.3 is 0 Å². The van der Waals surface area contributed by atoms with Crippen LogP contribution in [0.4, 0.5) is 11.4 Å². The zero-order valence-corrected chi connectivity index (χ0v) is 40.8. The molecule has 72 heavy (non-hydrogen) atoms. The number of carbonyl (C=O) groups excluding carboxylic acids is 6. The first-order valence-corrected chi connectivity index (χ1v) is 23.3. The highest BCUT2D eigenvalue weighted by molar-refractivity contribution is 5.99. The second-order valence-electron chi connectivity index (χ2n) is 15.4. The molecular weight excluding hydrogens is 913 g/mol. The normalized spacial score (nSPS) is 11.8. The molecule has 4 amide bonds. The molecule has 1 aliphatic carbocycles. The Morgan fingerprint density at radius 3 is 1.46 bits per heavy atom. The lowest BCUT2D eigenvalue weighted by Gasteiger charge is -2.08. The topological polar surface area (TPSA) is 250 Å². The van der Waals surface area contributed by atoms with Crippen molar-refractivity contribution >= 4 is 71.4 Å². The summed E-state index contributed by atoms with van der Waals surface area (Å²) >= 11 is 0. The second kappa shape index (κ2) is 31.9. The van der Waals surface area contributed by atoms with Gasteiger partial charge in [0.2, 0.25) is 11.8 Å². The summed E-state index contributed by atoms with van der Waals surface area (Å²) in [6, 6.07) is 28.1. The van der Waals surface area contributed by atoms with Crippen LogP contribution in [-0.2, 0) is 14.4 Å². The highest BCUT2D eigenvalue weighted by atomic mass is 16.2. The maximum atomic E-state index is 12.3. The van der Waals surface area contributed by atoms with Crippen LogP contribution >= 0.6 is 0 Å². The van der Waals surface area contributed by atoms with Crippen LogP contribution in [-0.4, -0.2) is 83.1 Å². The number of nitrogens with one attached hydrogen (secondary N) is 6. The van der Waals surface area contributed by atoms with Crippen LogP contribution in [0, 0.1) is 0 Å². The highest BCUT2D eigenvalue weighted by Gasteiger charge is 2.09. The SMILES string of the molecule is CC.CC(=O)C1=CCCC(/C=N/NC(=O)CCCNc2ccc(C(=O)N/N=C/c3cccc(C(C)=O)c3)cc2)=C1.O=C(CCCNc1ccc(C(=O)N/N=C/c2ccncc2)cc1)N/N=C/c1ccncc1. The number of hydrogen-bond acceptors (Lipinski definition) is 14. The molecule has 5 aromatic rings. The Hall–Kier alpha value is -9.06. The van der Waals surface area contributed by atoms with Crippen molar-refractivity contribution in [2.45, 2.75) is 66.2 Å². The van der Waals surface area contributed by atoms with Gasteiger partial charge in [-0.05, 0) is 147 Å². The summed E-state index contributed by atoms with van der Waals surface area (Å²) in [4.78, 5) is 79.0. The summed E-state index contributed by atoms with van der Waals surface area (Å²) in [6.45, 7) is 8.21. The second-order valence-corrected chi connectivity index (χ2v) is 15.4. The monoisotopic (exact) mass is 972 g/mol. The molecule has 6 N–H and O–H groups in total. The average Bonchev–Trinajstić information content (AvgIpc) is 3.40. The molecule has 2 aromatic heterocycles. The first kappa shape index (κ1) is 55.5. The molecule has 6 rings (SSSR count). The molecule has 0 radical (unpaired) electrons. The van der Waals surface area contributed by atoms with Crippen molar-refractivity contribution in [3.8, 4) is 0 Å². The van der Waals surface area contributed by atoms with Crippen LogP contribution in [0.2, 0.25) is 0 Å². The van der Waals surface area contributed by atoms with Gasteiger partial charge in [-0.2, -0.15) is 20.4 Å². The number of pyridine rings is 2. The third-order valence-corrected chi connectivity index (χ3v) is 9.95. The summed E-state index contributed by atoms with van der Waals surface area (Å²) < 4.78 is 0. The largest absolute Gasteiger partial charge is 0.385 e. The Kier molecular flexibility index (Phi) is 24.6. The fourth-order valence-electron chi connectivity index (χ4n) is 6.19. The zero-order valence-electron chi connectivity index (χ0n) is 40.8. The molecule has 0 unspecified atom stereocenters. The minimum Gasteiger partial charge on any atom is -0.385 e. The van der Waals surface area contributed by atoms with E-state index in [1.54, 1.807) is 147 Å². The van der Waals surface area contributed by atoms with E-state index in [2.05, 4.69) is 62.7 Å². The van der Waals surface area contributed by atoms with Crippen LogP contribution in [0.1, 0.15) is 114 Å². The van der Waals surface area contributed by atoms with Crippen LogP contribution in [0.15, 0.2) is 166 Å². The predicted octanol–water partition coefficient (Wildman–Crippen LogP) is 7.79. The number of ketones is 2. The van der Waals surface area contributed by atoms with E-state index in [1.807, 2.05) is 19.9 Å². The molecule has 0 spiro atoms. The van der Waals surface area contributed by atoms with Crippen LogP contribution < -0.4 is 32.3 Å². The molecular formula is C54H60N12O6. The van der Waals surface area contributed by atoms with Gasteiger partial charge in [-0.3, -0.25) is 38.7 Å². The Labute approximate surface area is 419 Å². The smallest absolute Gasteiger partial charge is 0.271 e. The Morgan fingerprint density at radius 2 is 0.986 bits per heavy atom. The van der Waals surface area contributed by atoms with Crippen molar-refractivity contribution < 1.29 is 28.8 Å². The van der Waals surface area contributed by atoms with Gasteiger partial charge in [0, 0.05) is 84.4 Å². The Bertz CT molecular complexity index is 2740.